The minimum atomic E-state index is 0.0376. The van der Waals surface area contributed by atoms with Crippen LogP contribution in [0.15, 0.2) is 11.2 Å². The molecule has 0 fully saturated rings. The van der Waals surface area contributed by atoms with Crippen molar-refractivity contribution >= 4 is 28.9 Å². The molecule has 1 heterocycles. The Bertz CT molecular complexity index is 301. The highest BCUT2D eigenvalue weighted by atomic mass is 35.5. The Balaban J connectivity index is 3.31. The summed E-state index contributed by atoms with van der Waals surface area (Å²) < 4.78 is 0. The van der Waals surface area contributed by atoms with Crippen molar-refractivity contribution in [3.8, 4) is 0 Å². The maximum Gasteiger partial charge on any atom is 0.160 e. The lowest BCUT2D eigenvalue weighted by Crippen LogP contribution is -1.81. The fraction of sp³-hybridized carbons (Fsp3) is 0.167. The number of nitroso groups, excluding NO2 is 1. The van der Waals surface area contributed by atoms with Crippen LogP contribution in [0.3, 0.4) is 0 Å². The summed E-state index contributed by atoms with van der Waals surface area (Å²) in [4.78, 5) is 13.8. The van der Waals surface area contributed by atoms with E-state index in [9.17, 15) is 4.91 Å². The van der Waals surface area contributed by atoms with Gasteiger partial charge < -0.3 is 0 Å². The number of aromatic nitrogens is 1. The summed E-state index contributed by atoms with van der Waals surface area (Å²) in [6.07, 6.45) is 0. The van der Waals surface area contributed by atoms with Gasteiger partial charge in [-0.3, -0.25) is 0 Å². The quantitative estimate of drug-likeness (QED) is 0.505. The van der Waals surface area contributed by atoms with E-state index >= 15 is 0 Å². The smallest absolute Gasteiger partial charge is 0.160 e. The molecule has 1 rings (SSSR count). The molecule has 0 radical (unpaired) electrons. The minimum absolute atomic E-state index is 0.0376. The van der Waals surface area contributed by atoms with E-state index in [1.807, 2.05) is 0 Å². The predicted octanol–water partition coefficient (Wildman–Crippen LogP) is 3.09. The Labute approximate surface area is 73.3 Å². The molecule has 0 saturated heterocycles. The SMILES string of the molecule is Cc1cc(N=O)c(Cl)nc1Cl. The molecule has 0 aliphatic heterocycles. The zero-order chi connectivity index (χ0) is 8.43. The van der Waals surface area contributed by atoms with Crippen LogP contribution in [0.25, 0.3) is 0 Å². The molecule has 0 bridgehead atoms. The summed E-state index contributed by atoms with van der Waals surface area (Å²) in [5.74, 6) is 0. The minimum Gasteiger partial charge on any atom is -0.222 e. The second-order valence-corrected chi connectivity index (χ2v) is 2.71. The zero-order valence-electron chi connectivity index (χ0n) is 5.64. The van der Waals surface area contributed by atoms with Gasteiger partial charge in [0.15, 0.2) is 5.15 Å². The van der Waals surface area contributed by atoms with Crippen molar-refractivity contribution in [1.82, 2.24) is 4.98 Å². The monoisotopic (exact) mass is 190 g/mol. The summed E-state index contributed by atoms with van der Waals surface area (Å²) in [5.41, 5.74) is 0.805. The Kier molecular flexibility index (Phi) is 2.42. The van der Waals surface area contributed by atoms with Gasteiger partial charge in [-0.15, -0.1) is 4.91 Å². The molecule has 1 aromatic rings. The van der Waals surface area contributed by atoms with Crippen LogP contribution >= 0.6 is 23.2 Å². The number of nitrogens with zero attached hydrogens (tertiary/aromatic N) is 2. The van der Waals surface area contributed by atoms with Gasteiger partial charge in [0.2, 0.25) is 0 Å². The lowest BCUT2D eigenvalue weighted by atomic mass is 10.3. The molecule has 11 heavy (non-hydrogen) atoms. The van der Waals surface area contributed by atoms with Crippen LogP contribution in [-0.2, 0) is 0 Å². The number of hydrogen-bond donors (Lipinski definition) is 0. The number of halogens is 2. The van der Waals surface area contributed by atoms with Crippen LogP contribution in [-0.4, -0.2) is 4.98 Å². The summed E-state index contributed by atoms with van der Waals surface area (Å²) >= 11 is 11.1. The Hall–Kier alpha value is -0.670. The van der Waals surface area contributed by atoms with Crippen LogP contribution in [0.2, 0.25) is 10.3 Å². The van der Waals surface area contributed by atoms with E-state index in [0.717, 1.165) is 0 Å². The number of rotatable bonds is 1. The first-order valence-corrected chi connectivity index (χ1v) is 3.56. The van der Waals surface area contributed by atoms with Gasteiger partial charge in [0, 0.05) is 0 Å². The third kappa shape index (κ3) is 1.67. The molecule has 0 saturated carbocycles. The van der Waals surface area contributed by atoms with Crippen molar-refractivity contribution in [2.24, 2.45) is 5.18 Å². The van der Waals surface area contributed by atoms with Crippen molar-refractivity contribution in [3.63, 3.8) is 0 Å². The largest absolute Gasteiger partial charge is 0.222 e. The van der Waals surface area contributed by atoms with Crippen LogP contribution in [0, 0.1) is 11.8 Å². The van der Waals surface area contributed by atoms with Crippen LogP contribution < -0.4 is 0 Å². The van der Waals surface area contributed by atoms with Gasteiger partial charge >= 0.3 is 0 Å². The first kappa shape index (κ1) is 8.43. The topological polar surface area (TPSA) is 42.3 Å². The average molecular weight is 191 g/mol. The van der Waals surface area contributed by atoms with E-state index in [4.69, 9.17) is 23.2 Å². The fourth-order valence-corrected chi connectivity index (χ4v) is 0.976. The maximum absolute atomic E-state index is 10.1. The fourth-order valence-electron chi connectivity index (χ4n) is 0.620. The molecular formula is C6H4Cl2N2O. The lowest BCUT2D eigenvalue weighted by Gasteiger charge is -1.97. The van der Waals surface area contributed by atoms with Gasteiger partial charge in [-0.2, -0.15) is 0 Å². The maximum atomic E-state index is 10.1. The standard InChI is InChI=1S/C6H4Cl2N2O/c1-3-2-4(10-11)6(8)9-5(3)7/h2H,1H3. The molecule has 1 aromatic heterocycles. The average Bonchev–Trinajstić information content (AvgIpc) is 1.97. The predicted molar refractivity (Wildman–Crippen MR) is 44.4 cm³/mol. The first-order valence-electron chi connectivity index (χ1n) is 2.81. The first-order chi connectivity index (χ1) is 5.15. The van der Waals surface area contributed by atoms with Crippen molar-refractivity contribution < 1.29 is 0 Å². The number of hydrogen-bond acceptors (Lipinski definition) is 3. The number of pyridine rings is 1. The molecule has 0 amide bonds. The van der Waals surface area contributed by atoms with Gasteiger partial charge in [-0.25, -0.2) is 4.98 Å². The normalized spacial score (nSPS) is 9.73. The van der Waals surface area contributed by atoms with Gasteiger partial charge in [-0.1, -0.05) is 23.2 Å². The van der Waals surface area contributed by atoms with E-state index in [2.05, 4.69) is 10.2 Å². The molecule has 0 aromatic carbocycles. The summed E-state index contributed by atoms with van der Waals surface area (Å²) in [6, 6.07) is 1.49. The molecule has 58 valence electrons. The molecule has 5 heteroatoms. The zero-order valence-corrected chi connectivity index (χ0v) is 7.15. The van der Waals surface area contributed by atoms with E-state index in [1.165, 1.54) is 6.07 Å². The van der Waals surface area contributed by atoms with E-state index in [-0.39, 0.29) is 10.8 Å². The molecule has 3 nitrogen and oxygen atoms in total. The third-order valence-corrected chi connectivity index (χ3v) is 1.85. The molecule has 0 atom stereocenters. The highest BCUT2D eigenvalue weighted by Gasteiger charge is 2.05. The molecular weight excluding hydrogens is 187 g/mol. The highest BCUT2D eigenvalue weighted by Crippen LogP contribution is 2.26. The second kappa shape index (κ2) is 3.15. The van der Waals surface area contributed by atoms with Gasteiger partial charge in [-0.05, 0) is 23.7 Å². The van der Waals surface area contributed by atoms with Crippen LogP contribution in [0.1, 0.15) is 5.56 Å². The molecule has 0 N–H and O–H groups in total. The van der Waals surface area contributed by atoms with Crippen molar-refractivity contribution in [2.45, 2.75) is 6.92 Å². The summed E-state index contributed by atoms with van der Waals surface area (Å²) in [7, 11) is 0. The summed E-state index contributed by atoms with van der Waals surface area (Å²) in [6.45, 7) is 1.72. The van der Waals surface area contributed by atoms with Gasteiger partial charge in [0.1, 0.15) is 10.8 Å². The van der Waals surface area contributed by atoms with E-state index in [0.29, 0.717) is 10.7 Å². The van der Waals surface area contributed by atoms with Gasteiger partial charge in [0.25, 0.3) is 0 Å². The highest BCUT2D eigenvalue weighted by molar-refractivity contribution is 6.34. The van der Waals surface area contributed by atoms with Gasteiger partial charge in [0.05, 0.1) is 0 Å². The number of aryl methyl sites for hydroxylation is 1. The third-order valence-electron chi connectivity index (χ3n) is 1.18. The van der Waals surface area contributed by atoms with E-state index < -0.39 is 0 Å². The Morgan fingerprint density at radius 1 is 1.45 bits per heavy atom. The molecule has 0 spiro atoms. The molecule has 0 unspecified atom stereocenters. The summed E-state index contributed by atoms with van der Waals surface area (Å²) in [5, 5.41) is 3.00. The van der Waals surface area contributed by atoms with Crippen LogP contribution in [0.5, 0.6) is 0 Å². The van der Waals surface area contributed by atoms with Crippen molar-refractivity contribution in [1.29, 1.82) is 0 Å². The second-order valence-electron chi connectivity index (χ2n) is 2.00. The van der Waals surface area contributed by atoms with Crippen LogP contribution in [0.4, 0.5) is 5.69 Å². The lowest BCUT2D eigenvalue weighted by molar-refractivity contribution is 1.25. The molecule has 0 aliphatic carbocycles. The van der Waals surface area contributed by atoms with Crippen molar-refractivity contribution in [2.75, 3.05) is 0 Å². The molecule has 0 aliphatic rings. The van der Waals surface area contributed by atoms with Crippen molar-refractivity contribution in [3.05, 3.63) is 26.8 Å². The Morgan fingerprint density at radius 3 is 2.64 bits per heavy atom. The Morgan fingerprint density at radius 2 is 2.09 bits per heavy atom. The van der Waals surface area contributed by atoms with E-state index in [1.54, 1.807) is 6.92 Å².